The zero-order valence-corrected chi connectivity index (χ0v) is 20.1. The highest BCUT2D eigenvalue weighted by Gasteiger charge is 2.35. The summed E-state index contributed by atoms with van der Waals surface area (Å²) in [6.07, 6.45) is 1.88. The summed E-state index contributed by atoms with van der Waals surface area (Å²) >= 11 is 0. The zero-order chi connectivity index (χ0) is 26.0. The van der Waals surface area contributed by atoms with Crippen molar-refractivity contribution in [2.75, 3.05) is 5.32 Å². The number of aryl methyl sites for hydroxylation is 1. The zero-order valence-electron chi connectivity index (χ0n) is 20.1. The molecule has 2 aromatic heterocycles. The number of carbonyl (C=O) groups is 2. The number of carbonyl (C=O) groups excluding carboxylic acids is 2. The van der Waals surface area contributed by atoms with Gasteiger partial charge in [-0.15, -0.1) is 0 Å². The molecule has 9 heteroatoms. The Balaban J connectivity index is 1.56. The maximum absolute atomic E-state index is 14.6. The van der Waals surface area contributed by atoms with Gasteiger partial charge < -0.3 is 20.8 Å². The van der Waals surface area contributed by atoms with Crippen molar-refractivity contribution < 1.29 is 24.2 Å². The molecule has 0 unspecified atom stereocenters. The van der Waals surface area contributed by atoms with Crippen LogP contribution >= 0.6 is 0 Å². The molecule has 0 saturated carbocycles. The number of benzene rings is 2. The number of halogens is 1. The average molecular weight is 491 g/mol. The molecular weight excluding hydrogens is 463 g/mol. The molecule has 0 fully saturated rings. The quantitative estimate of drug-likeness (QED) is 0.316. The number of amides is 2. The maximum atomic E-state index is 14.6. The number of nitrogens with zero attached hydrogens (tertiary/aromatic N) is 2. The maximum Gasteiger partial charge on any atom is 0.274 e. The number of fused-ring (bicyclic) bond motifs is 1. The minimum atomic E-state index is -1.48. The van der Waals surface area contributed by atoms with Crippen LogP contribution in [-0.4, -0.2) is 43.1 Å². The Morgan fingerprint density at radius 1 is 1.06 bits per heavy atom. The first-order valence-electron chi connectivity index (χ1n) is 11.4. The molecule has 2 heterocycles. The lowest BCUT2D eigenvalue weighted by Gasteiger charge is -2.34. The molecule has 0 radical (unpaired) electrons. The molecule has 0 aliphatic heterocycles. The number of hydrogen-bond acceptors (Lipinski definition) is 5. The number of aliphatic hydroxyl groups excluding tert-OH is 1. The molecule has 36 heavy (non-hydrogen) atoms. The summed E-state index contributed by atoms with van der Waals surface area (Å²) < 4.78 is 16.1. The summed E-state index contributed by atoms with van der Waals surface area (Å²) in [5.74, 6) is -1.98. The first kappa shape index (κ1) is 25.0. The third-order valence-corrected chi connectivity index (χ3v) is 5.88. The van der Waals surface area contributed by atoms with Gasteiger partial charge in [0.05, 0.1) is 23.5 Å². The van der Waals surface area contributed by atoms with E-state index in [9.17, 15) is 24.2 Å². The second-order valence-corrected chi connectivity index (χ2v) is 9.18. The Bertz CT molecular complexity index is 1410. The van der Waals surface area contributed by atoms with Gasteiger partial charge in [-0.05, 0) is 62.2 Å². The minimum Gasteiger partial charge on any atom is -0.388 e. The number of hydrogen-bond donors (Lipinski definition) is 4. The van der Waals surface area contributed by atoms with Gasteiger partial charge in [-0.25, -0.2) is 9.37 Å². The molecule has 0 saturated heterocycles. The molecule has 4 aromatic rings. The van der Waals surface area contributed by atoms with E-state index in [1.54, 1.807) is 40.9 Å². The number of anilines is 1. The summed E-state index contributed by atoms with van der Waals surface area (Å²) in [6, 6.07) is 14.7. The number of imidazole rings is 1. The van der Waals surface area contributed by atoms with Crippen LogP contribution in [0.2, 0.25) is 0 Å². The molecule has 0 spiro atoms. The van der Waals surface area contributed by atoms with Crippen LogP contribution in [0.25, 0.3) is 5.65 Å². The normalized spacial score (nSPS) is 13.3. The monoisotopic (exact) mass is 490 g/mol. The molecule has 0 bridgehead atoms. The van der Waals surface area contributed by atoms with E-state index in [-0.39, 0.29) is 16.9 Å². The first-order valence-corrected chi connectivity index (χ1v) is 11.4. The smallest absolute Gasteiger partial charge is 0.274 e. The van der Waals surface area contributed by atoms with Crippen LogP contribution in [0, 0.1) is 12.7 Å². The Labute approximate surface area is 207 Å². The van der Waals surface area contributed by atoms with E-state index in [1.807, 2.05) is 19.1 Å². The van der Waals surface area contributed by atoms with Crippen molar-refractivity contribution in [3.05, 3.63) is 101 Å². The molecule has 0 aliphatic rings. The average Bonchev–Trinajstić information content (AvgIpc) is 3.26. The van der Waals surface area contributed by atoms with Crippen LogP contribution in [-0.2, 0) is 0 Å². The van der Waals surface area contributed by atoms with Crippen LogP contribution in [0.1, 0.15) is 51.9 Å². The SMILES string of the molecule is Cc1ccn2c(C(=O)Nc3cc(C(=O)N[C@H]([C@H](O)c4ccccc4)C(C)(C)O)ccc3F)cnc2c1. The molecular formula is C27H27FN4O4. The number of aliphatic hydroxyl groups is 2. The summed E-state index contributed by atoms with van der Waals surface area (Å²) in [4.78, 5) is 30.1. The Morgan fingerprint density at radius 3 is 2.47 bits per heavy atom. The van der Waals surface area contributed by atoms with Gasteiger partial charge in [0.15, 0.2) is 0 Å². The fourth-order valence-electron chi connectivity index (χ4n) is 3.91. The van der Waals surface area contributed by atoms with E-state index in [2.05, 4.69) is 15.6 Å². The second kappa shape index (κ2) is 9.88. The van der Waals surface area contributed by atoms with Gasteiger partial charge in [0, 0.05) is 11.8 Å². The molecule has 0 aliphatic carbocycles. The third-order valence-electron chi connectivity index (χ3n) is 5.88. The number of pyridine rings is 1. The molecule has 2 aromatic carbocycles. The summed E-state index contributed by atoms with van der Waals surface area (Å²) in [6.45, 7) is 4.84. The Kier molecular flexibility index (Phi) is 6.87. The molecule has 4 rings (SSSR count). The number of aromatic nitrogens is 2. The molecule has 8 nitrogen and oxygen atoms in total. The predicted molar refractivity (Wildman–Crippen MR) is 133 cm³/mol. The van der Waals surface area contributed by atoms with Crippen molar-refractivity contribution in [1.29, 1.82) is 0 Å². The van der Waals surface area contributed by atoms with Crippen molar-refractivity contribution in [2.45, 2.75) is 38.5 Å². The van der Waals surface area contributed by atoms with Crippen LogP contribution in [0.5, 0.6) is 0 Å². The van der Waals surface area contributed by atoms with E-state index >= 15 is 0 Å². The van der Waals surface area contributed by atoms with E-state index in [0.29, 0.717) is 11.2 Å². The summed E-state index contributed by atoms with van der Waals surface area (Å²) in [5, 5.41) is 26.6. The van der Waals surface area contributed by atoms with E-state index < -0.39 is 35.4 Å². The van der Waals surface area contributed by atoms with Crippen LogP contribution in [0.3, 0.4) is 0 Å². The highest BCUT2D eigenvalue weighted by atomic mass is 19.1. The van der Waals surface area contributed by atoms with Crippen LogP contribution in [0.15, 0.2) is 73.1 Å². The molecule has 2 atom stereocenters. The van der Waals surface area contributed by atoms with Crippen molar-refractivity contribution in [2.24, 2.45) is 0 Å². The first-order chi connectivity index (χ1) is 17.0. The lowest BCUT2D eigenvalue weighted by Crippen LogP contribution is -2.52. The van der Waals surface area contributed by atoms with Crippen LogP contribution in [0.4, 0.5) is 10.1 Å². The van der Waals surface area contributed by atoms with Gasteiger partial charge in [-0.2, -0.15) is 0 Å². The Morgan fingerprint density at radius 2 is 1.78 bits per heavy atom. The van der Waals surface area contributed by atoms with Crippen molar-refractivity contribution in [1.82, 2.24) is 14.7 Å². The minimum absolute atomic E-state index is 0.0370. The third kappa shape index (κ3) is 5.27. The number of rotatable bonds is 7. The molecule has 2 amide bonds. The van der Waals surface area contributed by atoms with Gasteiger partial charge in [0.25, 0.3) is 11.8 Å². The van der Waals surface area contributed by atoms with Crippen molar-refractivity contribution >= 4 is 23.1 Å². The van der Waals surface area contributed by atoms with Crippen molar-refractivity contribution in [3.8, 4) is 0 Å². The second-order valence-electron chi connectivity index (χ2n) is 9.18. The summed E-state index contributed by atoms with van der Waals surface area (Å²) in [5.41, 5.74) is 0.624. The van der Waals surface area contributed by atoms with Gasteiger partial charge in [-0.1, -0.05) is 30.3 Å². The molecule has 4 N–H and O–H groups in total. The fourth-order valence-corrected chi connectivity index (χ4v) is 3.91. The predicted octanol–water partition coefficient (Wildman–Crippen LogP) is 3.64. The standard InChI is InChI=1S/C27H27FN4O4/c1-16-11-12-32-21(15-29-22(32)13-16)26(35)30-20-14-18(9-10-19(20)28)25(34)31-24(27(2,3)36)23(33)17-7-5-4-6-8-17/h4-15,23-24,33,36H,1-3H3,(H,30,35)(H,31,34)/t23-,24-/m1/s1. The lowest BCUT2D eigenvalue weighted by atomic mass is 9.89. The highest BCUT2D eigenvalue weighted by molar-refractivity contribution is 6.04. The van der Waals surface area contributed by atoms with Gasteiger partial charge in [-0.3, -0.25) is 14.0 Å². The largest absolute Gasteiger partial charge is 0.388 e. The van der Waals surface area contributed by atoms with Crippen molar-refractivity contribution in [3.63, 3.8) is 0 Å². The molecule has 186 valence electrons. The van der Waals surface area contributed by atoms with E-state index in [0.717, 1.165) is 11.6 Å². The van der Waals surface area contributed by atoms with Crippen LogP contribution < -0.4 is 10.6 Å². The Hall–Kier alpha value is -4.08. The lowest BCUT2D eigenvalue weighted by molar-refractivity contribution is -0.0197. The highest BCUT2D eigenvalue weighted by Crippen LogP contribution is 2.25. The summed E-state index contributed by atoms with van der Waals surface area (Å²) in [7, 11) is 0. The van der Waals surface area contributed by atoms with Gasteiger partial charge in [0.2, 0.25) is 0 Å². The van der Waals surface area contributed by atoms with E-state index in [4.69, 9.17) is 0 Å². The topological polar surface area (TPSA) is 116 Å². The van der Waals surface area contributed by atoms with Gasteiger partial charge >= 0.3 is 0 Å². The van der Waals surface area contributed by atoms with E-state index in [1.165, 1.54) is 32.2 Å². The number of nitrogens with one attached hydrogen (secondary N) is 2. The van der Waals surface area contributed by atoms with Gasteiger partial charge in [0.1, 0.15) is 23.3 Å². The fraction of sp³-hybridized carbons (Fsp3) is 0.222.